The molecule has 0 aromatic carbocycles. The first-order chi connectivity index (χ1) is 16.6. The van der Waals surface area contributed by atoms with Crippen LogP contribution in [-0.2, 0) is 23.9 Å². The van der Waals surface area contributed by atoms with Crippen LogP contribution in [0, 0.1) is 17.8 Å². The highest BCUT2D eigenvalue weighted by atomic mass is 16.6. The minimum absolute atomic E-state index is 0.0438. The molecule has 0 aromatic rings. The predicted molar refractivity (Wildman–Crippen MR) is 132 cm³/mol. The van der Waals surface area contributed by atoms with Crippen LogP contribution >= 0.6 is 0 Å². The van der Waals surface area contributed by atoms with Crippen molar-refractivity contribution in [3.05, 3.63) is 25.3 Å². The maximum Gasteiger partial charge on any atom is 0.313 e. The van der Waals surface area contributed by atoms with Gasteiger partial charge in [-0.2, -0.15) is 0 Å². The van der Waals surface area contributed by atoms with Gasteiger partial charge in [0.2, 0.25) is 11.8 Å². The number of carbonyl (C=O) groups is 3. The van der Waals surface area contributed by atoms with E-state index < -0.39 is 41.1 Å². The number of nitrogens with zero attached hydrogens (tertiary/aromatic N) is 2. The fraction of sp³-hybridized carbons (Fsp3) is 0.741. The maximum absolute atomic E-state index is 14.2. The first-order valence-electron chi connectivity index (χ1n) is 12.9. The zero-order chi connectivity index (χ0) is 26.0. The van der Waals surface area contributed by atoms with Gasteiger partial charge in [-0.05, 0) is 38.5 Å². The van der Waals surface area contributed by atoms with Gasteiger partial charge in [0.05, 0.1) is 24.2 Å². The molecule has 3 aliphatic heterocycles. The summed E-state index contributed by atoms with van der Waals surface area (Å²) in [6, 6.07) is -1.46. The Morgan fingerprint density at radius 1 is 1.31 bits per heavy atom. The lowest BCUT2D eigenvalue weighted by atomic mass is 9.66. The molecule has 196 valence electrons. The summed E-state index contributed by atoms with van der Waals surface area (Å²) in [4.78, 5) is 44.7. The van der Waals surface area contributed by atoms with Crippen LogP contribution in [0.25, 0.3) is 0 Å². The maximum atomic E-state index is 14.2. The summed E-state index contributed by atoms with van der Waals surface area (Å²) >= 11 is 0. The molecular weight excluding hydrogens is 448 g/mol. The third-order valence-corrected chi connectivity index (χ3v) is 7.84. The molecule has 1 N–H and O–H groups in total. The van der Waals surface area contributed by atoms with Gasteiger partial charge >= 0.3 is 5.97 Å². The fourth-order valence-corrected chi connectivity index (χ4v) is 6.41. The highest BCUT2D eigenvalue weighted by Crippen LogP contribution is 2.63. The van der Waals surface area contributed by atoms with E-state index in [2.05, 4.69) is 20.1 Å². The lowest BCUT2D eigenvalue weighted by Gasteiger charge is -2.40. The van der Waals surface area contributed by atoms with Gasteiger partial charge in [-0.15, -0.1) is 6.58 Å². The molecule has 0 radical (unpaired) electrons. The molecule has 3 aliphatic rings. The standard InChI is InChI=1S/C27H42N2O6/c1-7-10-14-28(13-8-2)24(32)22-27-12-11-26(6,35-27)21(25(33)34-15-9-3)20(27)23(31)29(22)19(17-30)16-18(4)5/h8-9,18-22,30H,2-3,7,10-17H2,1,4-6H3/t19-,20+,21-,22?,26+,27?/m1/s1. The number of ether oxygens (including phenoxy) is 2. The Labute approximate surface area is 209 Å². The smallest absolute Gasteiger partial charge is 0.313 e. The summed E-state index contributed by atoms with van der Waals surface area (Å²) in [7, 11) is 0. The Bertz CT molecular complexity index is 844. The molecule has 2 bridgehead atoms. The normalized spacial score (nSPS) is 32.0. The van der Waals surface area contributed by atoms with E-state index in [4.69, 9.17) is 9.47 Å². The van der Waals surface area contributed by atoms with Crippen LogP contribution in [-0.4, -0.2) is 82.3 Å². The average molecular weight is 491 g/mol. The van der Waals surface area contributed by atoms with Crippen molar-refractivity contribution in [2.75, 3.05) is 26.3 Å². The number of hydrogen-bond donors (Lipinski definition) is 1. The summed E-state index contributed by atoms with van der Waals surface area (Å²) in [6.45, 7) is 16.0. The van der Waals surface area contributed by atoms with Gasteiger partial charge in [-0.1, -0.05) is 45.9 Å². The van der Waals surface area contributed by atoms with E-state index >= 15 is 0 Å². The van der Waals surface area contributed by atoms with E-state index in [1.807, 2.05) is 20.8 Å². The molecule has 6 atom stereocenters. The molecule has 2 amide bonds. The largest absolute Gasteiger partial charge is 0.461 e. The third-order valence-electron chi connectivity index (χ3n) is 7.84. The van der Waals surface area contributed by atoms with Crippen molar-refractivity contribution < 1.29 is 29.0 Å². The number of likely N-dealkylation sites (tertiary alicyclic amines) is 1. The second-order valence-corrected chi connectivity index (χ2v) is 10.8. The monoisotopic (exact) mass is 490 g/mol. The number of carbonyl (C=O) groups excluding carboxylic acids is 3. The van der Waals surface area contributed by atoms with E-state index in [1.165, 1.54) is 6.08 Å². The molecule has 3 rings (SSSR count). The second-order valence-electron chi connectivity index (χ2n) is 10.8. The molecule has 8 nitrogen and oxygen atoms in total. The van der Waals surface area contributed by atoms with Gasteiger partial charge in [-0.25, -0.2) is 0 Å². The highest BCUT2D eigenvalue weighted by Gasteiger charge is 2.79. The van der Waals surface area contributed by atoms with Gasteiger partial charge in [0.15, 0.2) is 0 Å². The Morgan fingerprint density at radius 3 is 2.60 bits per heavy atom. The number of aliphatic hydroxyl groups excluding tert-OH is 1. The minimum Gasteiger partial charge on any atom is -0.461 e. The Balaban J connectivity index is 2.10. The Kier molecular flexibility index (Phi) is 8.48. The number of aliphatic hydroxyl groups is 1. The fourth-order valence-electron chi connectivity index (χ4n) is 6.41. The number of unbranched alkanes of at least 4 members (excludes halogenated alkanes) is 1. The molecule has 3 heterocycles. The minimum atomic E-state index is -1.13. The SMILES string of the molecule is C=CCOC(=O)[C@H]1[C@H]2C(=O)N([C@@H](CO)CC(C)C)C(C(=O)N(CC=C)CCCC)C23CC[C@]1(C)O3. The lowest BCUT2D eigenvalue weighted by molar-refractivity contribution is -0.161. The van der Waals surface area contributed by atoms with Gasteiger partial charge in [0.1, 0.15) is 24.2 Å². The summed E-state index contributed by atoms with van der Waals surface area (Å²) < 4.78 is 12.0. The molecule has 2 unspecified atom stereocenters. The van der Waals surface area contributed by atoms with Crippen molar-refractivity contribution in [1.29, 1.82) is 0 Å². The van der Waals surface area contributed by atoms with Gasteiger partial charge < -0.3 is 24.4 Å². The molecule has 0 saturated carbocycles. The number of esters is 1. The van der Waals surface area contributed by atoms with E-state index in [0.29, 0.717) is 32.4 Å². The van der Waals surface area contributed by atoms with Gasteiger partial charge in [0, 0.05) is 13.1 Å². The van der Waals surface area contributed by atoms with E-state index in [9.17, 15) is 19.5 Å². The van der Waals surface area contributed by atoms with Crippen LogP contribution in [0.3, 0.4) is 0 Å². The average Bonchev–Trinajstić information content (AvgIpc) is 3.38. The quantitative estimate of drug-likeness (QED) is 0.315. The predicted octanol–water partition coefficient (Wildman–Crippen LogP) is 2.70. The molecule has 0 aliphatic carbocycles. The molecule has 3 fully saturated rings. The van der Waals surface area contributed by atoms with Crippen molar-refractivity contribution in [2.45, 2.75) is 83.1 Å². The van der Waals surface area contributed by atoms with Gasteiger partial charge in [0.25, 0.3) is 0 Å². The van der Waals surface area contributed by atoms with Crippen molar-refractivity contribution in [2.24, 2.45) is 17.8 Å². The molecule has 0 aromatic heterocycles. The number of rotatable bonds is 13. The zero-order valence-corrected chi connectivity index (χ0v) is 21.7. The van der Waals surface area contributed by atoms with Crippen molar-refractivity contribution in [1.82, 2.24) is 9.80 Å². The Morgan fingerprint density at radius 2 is 2.03 bits per heavy atom. The molecule has 8 heteroatoms. The van der Waals surface area contributed by atoms with E-state index in [0.717, 1.165) is 12.8 Å². The zero-order valence-electron chi connectivity index (χ0n) is 21.7. The van der Waals surface area contributed by atoms with Crippen LogP contribution in [0.4, 0.5) is 0 Å². The lowest BCUT2D eigenvalue weighted by Crippen LogP contribution is -2.59. The van der Waals surface area contributed by atoms with E-state index in [1.54, 1.807) is 15.9 Å². The van der Waals surface area contributed by atoms with Crippen LogP contribution in [0.2, 0.25) is 0 Å². The number of fused-ring (bicyclic) bond motifs is 1. The summed E-state index contributed by atoms with van der Waals surface area (Å²) in [6.07, 6.45) is 6.49. The molecular formula is C27H42N2O6. The number of hydrogen-bond acceptors (Lipinski definition) is 6. The van der Waals surface area contributed by atoms with Crippen molar-refractivity contribution in [3.63, 3.8) is 0 Å². The van der Waals surface area contributed by atoms with Crippen LogP contribution in [0.15, 0.2) is 25.3 Å². The van der Waals surface area contributed by atoms with Crippen molar-refractivity contribution >= 4 is 17.8 Å². The van der Waals surface area contributed by atoms with Crippen LogP contribution in [0.5, 0.6) is 0 Å². The van der Waals surface area contributed by atoms with Gasteiger partial charge in [-0.3, -0.25) is 14.4 Å². The highest BCUT2D eigenvalue weighted by molar-refractivity contribution is 5.98. The first-order valence-corrected chi connectivity index (χ1v) is 12.9. The molecule has 3 saturated heterocycles. The summed E-state index contributed by atoms with van der Waals surface area (Å²) in [5.74, 6) is -2.46. The van der Waals surface area contributed by atoms with Crippen LogP contribution in [0.1, 0.15) is 59.8 Å². The second kappa shape index (κ2) is 10.8. The Hall–Kier alpha value is -2.19. The first kappa shape index (κ1) is 27.4. The number of amides is 2. The molecule has 1 spiro atoms. The van der Waals surface area contributed by atoms with Crippen molar-refractivity contribution in [3.8, 4) is 0 Å². The third kappa shape index (κ3) is 4.67. The molecule has 35 heavy (non-hydrogen) atoms. The summed E-state index contributed by atoms with van der Waals surface area (Å²) in [5, 5.41) is 10.3. The topological polar surface area (TPSA) is 96.4 Å². The van der Waals surface area contributed by atoms with E-state index in [-0.39, 0.29) is 30.9 Å². The summed E-state index contributed by atoms with van der Waals surface area (Å²) in [5.41, 5.74) is -2.01. The van der Waals surface area contributed by atoms with Crippen LogP contribution < -0.4 is 0 Å².